The molecule has 0 amide bonds. The van der Waals surface area contributed by atoms with Crippen molar-refractivity contribution >= 4 is 11.8 Å². The minimum Gasteiger partial charge on any atom is -0.394 e. The standard InChI is InChI=1S/C31H62O2S/c1-2-3-4-5-6-12-15-21-26-33-31(28-32)29-34-27-22-16-13-10-8-7-9-11-14-18-23-30-24-19-17-20-25-30/h30-32H,2-29H2,1H3/t31-/m0/s1. The minimum atomic E-state index is 0.0391. The average Bonchev–Trinajstić information content (AvgIpc) is 2.87. The van der Waals surface area contributed by atoms with Gasteiger partial charge in [0, 0.05) is 12.4 Å². The molecule has 1 aliphatic rings. The Bertz CT molecular complexity index is 384. The number of hydrogen-bond acceptors (Lipinski definition) is 3. The molecule has 0 aromatic carbocycles. The predicted molar refractivity (Wildman–Crippen MR) is 154 cm³/mol. The Balaban J connectivity index is 1.74. The second-order valence-corrected chi connectivity index (χ2v) is 12.2. The number of hydrogen-bond donors (Lipinski definition) is 1. The molecule has 0 radical (unpaired) electrons. The van der Waals surface area contributed by atoms with E-state index in [1.54, 1.807) is 0 Å². The van der Waals surface area contributed by atoms with Gasteiger partial charge >= 0.3 is 0 Å². The van der Waals surface area contributed by atoms with Gasteiger partial charge < -0.3 is 9.84 Å². The van der Waals surface area contributed by atoms with Gasteiger partial charge in [0.25, 0.3) is 0 Å². The van der Waals surface area contributed by atoms with Crippen molar-refractivity contribution in [3.63, 3.8) is 0 Å². The third-order valence-corrected chi connectivity index (χ3v) is 8.92. The van der Waals surface area contributed by atoms with E-state index in [0.29, 0.717) is 0 Å². The van der Waals surface area contributed by atoms with Crippen molar-refractivity contribution in [2.45, 2.75) is 167 Å². The van der Waals surface area contributed by atoms with Gasteiger partial charge in [0.1, 0.15) is 0 Å². The van der Waals surface area contributed by atoms with Crippen LogP contribution in [0.3, 0.4) is 0 Å². The van der Waals surface area contributed by atoms with Crippen LogP contribution in [0.5, 0.6) is 0 Å². The topological polar surface area (TPSA) is 29.5 Å². The Hall–Kier alpha value is 0.270. The maximum Gasteiger partial charge on any atom is 0.0895 e. The second kappa shape index (κ2) is 26.3. The molecule has 1 atom stereocenters. The molecule has 0 heterocycles. The first-order valence-electron chi connectivity index (χ1n) is 15.7. The summed E-state index contributed by atoms with van der Waals surface area (Å²) in [5.74, 6) is 3.25. The minimum absolute atomic E-state index is 0.0391. The van der Waals surface area contributed by atoms with Gasteiger partial charge in [-0.2, -0.15) is 11.8 Å². The first-order chi connectivity index (χ1) is 16.9. The maximum absolute atomic E-state index is 9.56. The number of aliphatic hydroxyl groups excluding tert-OH is 1. The predicted octanol–water partition coefficient (Wildman–Crippen LogP) is 10.1. The fourth-order valence-corrected chi connectivity index (χ4v) is 6.42. The molecule has 1 rings (SSSR count). The van der Waals surface area contributed by atoms with Crippen molar-refractivity contribution in [3.8, 4) is 0 Å². The summed E-state index contributed by atoms with van der Waals surface area (Å²) in [4.78, 5) is 0. The highest BCUT2D eigenvalue weighted by Crippen LogP contribution is 2.28. The molecular weight excluding hydrogens is 436 g/mol. The molecule has 2 nitrogen and oxygen atoms in total. The average molecular weight is 499 g/mol. The van der Waals surface area contributed by atoms with Crippen LogP contribution in [0.4, 0.5) is 0 Å². The second-order valence-electron chi connectivity index (χ2n) is 11.1. The summed E-state index contributed by atoms with van der Waals surface area (Å²) in [6.07, 6.45) is 34.0. The largest absolute Gasteiger partial charge is 0.394 e. The van der Waals surface area contributed by atoms with Crippen molar-refractivity contribution in [2.75, 3.05) is 24.7 Å². The number of unbranched alkanes of at least 4 members (excludes halogenated alkanes) is 16. The van der Waals surface area contributed by atoms with Crippen LogP contribution < -0.4 is 0 Å². The lowest BCUT2D eigenvalue weighted by Gasteiger charge is -2.21. The summed E-state index contributed by atoms with van der Waals surface area (Å²) in [6, 6.07) is 0. The highest BCUT2D eigenvalue weighted by Gasteiger charge is 2.12. The van der Waals surface area contributed by atoms with Crippen LogP contribution in [-0.2, 0) is 4.74 Å². The molecule has 0 bridgehead atoms. The smallest absolute Gasteiger partial charge is 0.0895 e. The molecule has 34 heavy (non-hydrogen) atoms. The van der Waals surface area contributed by atoms with Gasteiger partial charge in [0.15, 0.2) is 0 Å². The number of aliphatic hydroxyl groups is 1. The number of rotatable bonds is 26. The van der Waals surface area contributed by atoms with Crippen molar-refractivity contribution in [3.05, 3.63) is 0 Å². The first kappa shape index (κ1) is 32.3. The number of thioether (sulfide) groups is 1. The van der Waals surface area contributed by atoms with E-state index in [9.17, 15) is 5.11 Å². The van der Waals surface area contributed by atoms with E-state index in [2.05, 4.69) is 6.92 Å². The van der Waals surface area contributed by atoms with E-state index in [1.165, 1.54) is 153 Å². The Kier molecular flexibility index (Phi) is 25.0. The van der Waals surface area contributed by atoms with Crippen LogP contribution in [0, 0.1) is 5.92 Å². The summed E-state index contributed by atoms with van der Waals surface area (Å²) in [7, 11) is 0. The molecule has 0 aromatic heterocycles. The quantitative estimate of drug-likeness (QED) is 0.120. The van der Waals surface area contributed by atoms with Gasteiger partial charge in [-0.1, -0.05) is 148 Å². The molecule has 1 fully saturated rings. The molecule has 1 saturated carbocycles. The maximum atomic E-state index is 9.56. The van der Waals surface area contributed by atoms with Gasteiger partial charge in [0.05, 0.1) is 12.7 Å². The lowest BCUT2D eigenvalue weighted by molar-refractivity contribution is 0.0260. The number of ether oxygens (including phenoxy) is 1. The van der Waals surface area contributed by atoms with Gasteiger partial charge in [0.2, 0.25) is 0 Å². The zero-order valence-electron chi connectivity index (χ0n) is 23.2. The Labute approximate surface area is 219 Å². The normalized spacial score (nSPS) is 15.7. The lowest BCUT2D eigenvalue weighted by Crippen LogP contribution is -2.21. The summed E-state index contributed by atoms with van der Waals surface area (Å²) in [6.45, 7) is 3.26. The molecule has 0 aromatic rings. The van der Waals surface area contributed by atoms with E-state index in [-0.39, 0.29) is 12.7 Å². The molecule has 1 N–H and O–H groups in total. The molecule has 0 spiro atoms. The van der Waals surface area contributed by atoms with Crippen molar-refractivity contribution in [1.29, 1.82) is 0 Å². The zero-order valence-corrected chi connectivity index (χ0v) is 24.0. The monoisotopic (exact) mass is 498 g/mol. The van der Waals surface area contributed by atoms with E-state index >= 15 is 0 Å². The van der Waals surface area contributed by atoms with Crippen LogP contribution in [0.25, 0.3) is 0 Å². The zero-order chi connectivity index (χ0) is 24.4. The van der Waals surface area contributed by atoms with Crippen LogP contribution in [0.2, 0.25) is 0 Å². The molecule has 3 heteroatoms. The van der Waals surface area contributed by atoms with Crippen molar-refractivity contribution in [2.24, 2.45) is 5.92 Å². The Morgan fingerprint density at radius 1 is 0.676 bits per heavy atom. The summed E-state index contributed by atoms with van der Waals surface area (Å²) >= 11 is 1.97. The lowest BCUT2D eigenvalue weighted by atomic mass is 9.85. The van der Waals surface area contributed by atoms with Crippen LogP contribution >= 0.6 is 11.8 Å². The molecule has 0 aliphatic heterocycles. The fraction of sp³-hybridized carbons (Fsp3) is 1.00. The molecule has 204 valence electrons. The summed E-state index contributed by atoms with van der Waals surface area (Å²) < 4.78 is 5.90. The molecule has 1 aliphatic carbocycles. The molecular formula is C31H62O2S. The van der Waals surface area contributed by atoms with Gasteiger partial charge in [-0.15, -0.1) is 0 Å². The first-order valence-corrected chi connectivity index (χ1v) is 16.8. The van der Waals surface area contributed by atoms with Crippen molar-refractivity contribution in [1.82, 2.24) is 0 Å². The SMILES string of the molecule is CCCCCCCCCCO[C@@H](CO)CSCCCCCCCCCCCCC1CCCCC1. The van der Waals surface area contributed by atoms with Crippen LogP contribution in [0.15, 0.2) is 0 Å². The highest BCUT2D eigenvalue weighted by atomic mass is 32.2. The fourth-order valence-electron chi connectivity index (χ4n) is 5.38. The Morgan fingerprint density at radius 3 is 1.79 bits per heavy atom. The van der Waals surface area contributed by atoms with Crippen molar-refractivity contribution < 1.29 is 9.84 Å². The summed E-state index contributed by atoms with van der Waals surface area (Å²) in [5.41, 5.74) is 0. The van der Waals surface area contributed by atoms with E-state index in [0.717, 1.165) is 24.7 Å². The van der Waals surface area contributed by atoms with E-state index < -0.39 is 0 Å². The highest BCUT2D eigenvalue weighted by molar-refractivity contribution is 7.99. The van der Waals surface area contributed by atoms with Gasteiger partial charge in [-0.05, 0) is 24.5 Å². The molecule has 0 saturated heterocycles. The van der Waals surface area contributed by atoms with Gasteiger partial charge in [-0.25, -0.2) is 0 Å². The Morgan fingerprint density at radius 2 is 1.21 bits per heavy atom. The third kappa shape index (κ3) is 21.5. The van der Waals surface area contributed by atoms with Gasteiger partial charge in [-0.3, -0.25) is 0 Å². The van der Waals surface area contributed by atoms with Crippen LogP contribution in [-0.4, -0.2) is 35.9 Å². The third-order valence-electron chi connectivity index (χ3n) is 7.73. The summed E-state index contributed by atoms with van der Waals surface area (Å²) in [5, 5.41) is 9.56. The van der Waals surface area contributed by atoms with Crippen LogP contribution in [0.1, 0.15) is 161 Å². The molecule has 0 unspecified atom stereocenters. The van der Waals surface area contributed by atoms with E-state index in [4.69, 9.17) is 4.74 Å². The van der Waals surface area contributed by atoms with E-state index in [1.807, 2.05) is 11.8 Å².